The van der Waals surface area contributed by atoms with Crippen molar-refractivity contribution in [3.05, 3.63) is 66.1 Å². The predicted molar refractivity (Wildman–Crippen MR) is 114 cm³/mol. The second-order valence-corrected chi connectivity index (χ2v) is 8.93. The van der Waals surface area contributed by atoms with Crippen molar-refractivity contribution >= 4 is 10.8 Å². The third kappa shape index (κ3) is 5.38. The normalized spacial score (nSPS) is 16.7. The first-order valence-electron chi connectivity index (χ1n) is 9.95. The third-order valence-electron chi connectivity index (χ3n) is 5.20. The van der Waals surface area contributed by atoms with E-state index in [-0.39, 0.29) is 0 Å². The summed E-state index contributed by atoms with van der Waals surface area (Å²) >= 11 is 0. The van der Waals surface area contributed by atoms with Crippen molar-refractivity contribution in [1.29, 1.82) is 0 Å². The summed E-state index contributed by atoms with van der Waals surface area (Å²) in [7, 11) is -0.931. The van der Waals surface area contributed by atoms with E-state index in [0.717, 1.165) is 43.2 Å². The number of nitrogens with zero attached hydrogens (tertiary/aromatic N) is 4. The third-order valence-corrected chi connectivity index (χ3v) is 6.55. The largest absolute Gasteiger partial charge is 0.338 e. The Morgan fingerprint density at radius 2 is 1.66 bits per heavy atom. The van der Waals surface area contributed by atoms with E-state index in [0.29, 0.717) is 24.0 Å². The minimum Gasteiger partial charge on any atom is -0.338 e. The molecule has 0 amide bonds. The fourth-order valence-corrected chi connectivity index (χ4v) is 4.52. The van der Waals surface area contributed by atoms with E-state index in [4.69, 9.17) is 4.52 Å². The van der Waals surface area contributed by atoms with Crippen LogP contribution in [0.3, 0.4) is 0 Å². The molecule has 1 saturated heterocycles. The molecule has 0 spiro atoms. The van der Waals surface area contributed by atoms with Crippen LogP contribution in [0.2, 0.25) is 0 Å². The van der Waals surface area contributed by atoms with E-state index < -0.39 is 10.8 Å². The fraction of sp³-hybridized carbons (Fsp3) is 0.364. The standard InChI is InChI=1S/C22H26N4O2S/c1-18-7-9-19(10-8-18)22-23-21(28-24-22)17-26-13-11-25(12-14-26)15-16-29(27)20-5-3-2-4-6-20/h2-10H,11-17H2,1H3/t29-/m0/s1. The van der Waals surface area contributed by atoms with Crippen LogP contribution in [0.25, 0.3) is 11.4 Å². The lowest BCUT2D eigenvalue weighted by atomic mass is 10.1. The molecule has 2 heterocycles. The van der Waals surface area contributed by atoms with E-state index in [9.17, 15) is 4.21 Å². The van der Waals surface area contributed by atoms with Gasteiger partial charge in [0, 0.05) is 48.9 Å². The lowest BCUT2D eigenvalue weighted by Crippen LogP contribution is -2.46. The van der Waals surface area contributed by atoms with E-state index in [1.165, 1.54) is 5.56 Å². The van der Waals surface area contributed by atoms with Crippen molar-refractivity contribution in [3.8, 4) is 11.4 Å². The van der Waals surface area contributed by atoms with Crippen molar-refractivity contribution in [3.63, 3.8) is 0 Å². The molecule has 0 N–H and O–H groups in total. The molecule has 152 valence electrons. The molecule has 3 aromatic rings. The molecule has 1 aliphatic rings. The summed E-state index contributed by atoms with van der Waals surface area (Å²) in [5.41, 5.74) is 2.18. The van der Waals surface area contributed by atoms with Gasteiger partial charge in [0.25, 0.3) is 0 Å². The zero-order chi connectivity index (χ0) is 20.1. The van der Waals surface area contributed by atoms with Gasteiger partial charge in [-0.25, -0.2) is 0 Å². The Hall–Kier alpha value is -2.35. The molecule has 6 nitrogen and oxygen atoms in total. The average Bonchev–Trinajstić information content (AvgIpc) is 3.22. The lowest BCUT2D eigenvalue weighted by molar-refractivity contribution is 0.121. The Labute approximate surface area is 174 Å². The molecular weight excluding hydrogens is 384 g/mol. The summed E-state index contributed by atoms with van der Waals surface area (Å²) < 4.78 is 17.8. The fourth-order valence-electron chi connectivity index (χ4n) is 3.40. The maximum Gasteiger partial charge on any atom is 0.241 e. The molecule has 1 aliphatic heterocycles. The van der Waals surface area contributed by atoms with Gasteiger partial charge in [0.15, 0.2) is 0 Å². The molecule has 1 fully saturated rings. The second-order valence-electron chi connectivity index (χ2n) is 7.36. The second kappa shape index (κ2) is 9.43. The minimum atomic E-state index is -0.931. The van der Waals surface area contributed by atoms with Gasteiger partial charge in [-0.3, -0.25) is 14.0 Å². The number of aryl methyl sites for hydroxylation is 1. The highest BCUT2D eigenvalue weighted by molar-refractivity contribution is 7.85. The zero-order valence-corrected chi connectivity index (χ0v) is 17.5. The van der Waals surface area contributed by atoms with Gasteiger partial charge >= 0.3 is 0 Å². The minimum absolute atomic E-state index is 0.641. The quantitative estimate of drug-likeness (QED) is 0.597. The topological polar surface area (TPSA) is 62.5 Å². The number of hydrogen-bond acceptors (Lipinski definition) is 6. The molecular formula is C22H26N4O2S. The highest BCUT2D eigenvalue weighted by Gasteiger charge is 2.20. The van der Waals surface area contributed by atoms with Gasteiger partial charge in [-0.1, -0.05) is 53.2 Å². The Balaban J connectivity index is 1.23. The van der Waals surface area contributed by atoms with Gasteiger partial charge in [-0.2, -0.15) is 4.98 Å². The van der Waals surface area contributed by atoms with Gasteiger partial charge in [0.05, 0.1) is 17.3 Å². The summed E-state index contributed by atoms with van der Waals surface area (Å²) in [5, 5.41) is 4.12. The van der Waals surface area contributed by atoms with Crippen LogP contribution in [-0.4, -0.2) is 62.6 Å². The highest BCUT2D eigenvalue weighted by Crippen LogP contribution is 2.17. The molecule has 0 unspecified atom stereocenters. The van der Waals surface area contributed by atoms with Gasteiger partial charge in [-0.15, -0.1) is 0 Å². The van der Waals surface area contributed by atoms with Crippen molar-refractivity contribution in [2.75, 3.05) is 38.5 Å². The Bertz CT molecular complexity index is 935. The van der Waals surface area contributed by atoms with Crippen LogP contribution in [0.1, 0.15) is 11.5 Å². The smallest absolute Gasteiger partial charge is 0.241 e. The summed E-state index contributed by atoms with van der Waals surface area (Å²) in [6, 6.07) is 17.8. The van der Waals surface area contributed by atoms with Crippen LogP contribution in [0.15, 0.2) is 64.0 Å². The summed E-state index contributed by atoms with van der Waals surface area (Å²) in [5.74, 6) is 1.97. The van der Waals surface area contributed by atoms with Crippen LogP contribution >= 0.6 is 0 Å². The highest BCUT2D eigenvalue weighted by atomic mass is 32.2. The van der Waals surface area contributed by atoms with Crippen LogP contribution in [0.5, 0.6) is 0 Å². The van der Waals surface area contributed by atoms with E-state index in [2.05, 4.69) is 39.0 Å². The number of piperazine rings is 1. The number of benzene rings is 2. The Kier molecular flexibility index (Phi) is 6.49. The summed E-state index contributed by atoms with van der Waals surface area (Å²) in [6.07, 6.45) is 0. The van der Waals surface area contributed by atoms with Crippen molar-refractivity contribution in [1.82, 2.24) is 19.9 Å². The number of rotatable bonds is 7. The van der Waals surface area contributed by atoms with E-state index in [1.807, 2.05) is 42.5 Å². The predicted octanol–water partition coefficient (Wildman–Crippen LogP) is 2.97. The molecule has 1 atom stereocenters. The van der Waals surface area contributed by atoms with Crippen LogP contribution < -0.4 is 0 Å². The molecule has 4 rings (SSSR count). The van der Waals surface area contributed by atoms with Crippen molar-refractivity contribution in [2.24, 2.45) is 0 Å². The maximum absolute atomic E-state index is 12.4. The van der Waals surface area contributed by atoms with Crippen molar-refractivity contribution < 1.29 is 8.73 Å². The van der Waals surface area contributed by atoms with E-state index >= 15 is 0 Å². The zero-order valence-electron chi connectivity index (χ0n) is 16.7. The maximum atomic E-state index is 12.4. The first kappa shape index (κ1) is 19.9. The molecule has 29 heavy (non-hydrogen) atoms. The van der Waals surface area contributed by atoms with Gasteiger partial charge < -0.3 is 4.52 Å². The Morgan fingerprint density at radius 3 is 2.38 bits per heavy atom. The molecule has 0 saturated carbocycles. The first-order chi connectivity index (χ1) is 14.2. The molecule has 0 bridgehead atoms. The first-order valence-corrected chi connectivity index (χ1v) is 11.3. The molecule has 0 aliphatic carbocycles. The molecule has 0 radical (unpaired) electrons. The molecule has 2 aromatic carbocycles. The number of aromatic nitrogens is 2. The SMILES string of the molecule is Cc1ccc(-c2noc(CN3CCN(CC[S@](=O)c4ccccc4)CC3)n2)cc1. The van der Waals surface area contributed by atoms with Gasteiger partial charge in [-0.05, 0) is 19.1 Å². The molecule has 1 aromatic heterocycles. The summed E-state index contributed by atoms with van der Waals surface area (Å²) in [6.45, 7) is 7.40. The van der Waals surface area contributed by atoms with Crippen molar-refractivity contribution in [2.45, 2.75) is 18.4 Å². The van der Waals surface area contributed by atoms with Gasteiger partial charge in [0.2, 0.25) is 11.7 Å². The monoisotopic (exact) mass is 410 g/mol. The summed E-state index contributed by atoms with van der Waals surface area (Å²) in [4.78, 5) is 10.2. The number of hydrogen-bond donors (Lipinski definition) is 0. The van der Waals surface area contributed by atoms with E-state index in [1.54, 1.807) is 0 Å². The Morgan fingerprint density at radius 1 is 0.966 bits per heavy atom. The van der Waals surface area contributed by atoms with Crippen LogP contribution in [0.4, 0.5) is 0 Å². The van der Waals surface area contributed by atoms with Crippen LogP contribution in [-0.2, 0) is 17.3 Å². The average molecular weight is 411 g/mol. The molecule has 7 heteroatoms. The van der Waals surface area contributed by atoms with Gasteiger partial charge in [0.1, 0.15) is 0 Å². The lowest BCUT2D eigenvalue weighted by Gasteiger charge is -2.33. The van der Waals surface area contributed by atoms with Crippen LogP contribution in [0, 0.1) is 6.92 Å².